The molecule has 0 aromatic carbocycles. The van der Waals surface area contributed by atoms with E-state index < -0.39 is 0 Å². The van der Waals surface area contributed by atoms with Crippen LogP contribution in [0, 0.1) is 17.8 Å². The first-order valence-electron chi connectivity index (χ1n) is 6.72. The molecule has 0 unspecified atom stereocenters. The van der Waals surface area contributed by atoms with Crippen molar-refractivity contribution in [2.75, 3.05) is 0 Å². The highest BCUT2D eigenvalue weighted by Gasteiger charge is 2.19. The van der Waals surface area contributed by atoms with Crippen LogP contribution in [0.1, 0.15) is 72.1 Å². The fraction of sp³-hybridized carbons (Fsp3) is 1.00. The minimum atomic E-state index is 0.905. The molecule has 0 aliphatic heterocycles. The summed E-state index contributed by atoms with van der Waals surface area (Å²) in [5, 5.41) is 0. The van der Waals surface area contributed by atoms with Gasteiger partial charge in [0.25, 0.3) is 0 Å². The standard InChI is InChI=1S/C14H28/c1-4-13-8-10-14(11-9-13)7-5-6-12(2)3/h12-14H,4-11H2,1-3H3. The molecular weight excluding hydrogens is 168 g/mol. The molecule has 0 N–H and O–H groups in total. The Morgan fingerprint density at radius 1 is 1.00 bits per heavy atom. The van der Waals surface area contributed by atoms with Crippen LogP contribution in [0.4, 0.5) is 0 Å². The average molecular weight is 196 g/mol. The Morgan fingerprint density at radius 2 is 1.57 bits per heavy atom. The van der Waals surface area contributed by atoms with Gasteiger partial charge in [-0.15, -0.1) is 0 Å². The van der Waals surface area contributed by atoms with Gasteiger partial charge in [-0.25, -0.2) is 0 Å². The van der Waals surface area contributed by atoms with Crippen LogP contribution < -0.4 is 0 Å². The van der Waals surface area contributed by atoms with Crippen LogP contribution >= 0.6 is 0 Å². The van der Waals surface area contributed by atoms with Crippen molar-refractivity contribution in [2.45, 2.75) is 72.1 Å². The van der Waals surface area contributed by atoms with Gasteiger partial charge in [0.1, 0.15) is 0 Å². The second-order valence-electron chi connectivity index (χ2n) is 5.62. The van der Waals surface area contributed by atoms with Gasteiger partial charge in [0.2, 0.25) is 0 Å². The van der Waals surface area contributed by atoms with Crippen molar-refractivity contribution >= 4 is 0 Å². The van der Waals surface area contributed by atoms with Gasteiger partial charge >= 0.3 is 0 Å². The van der Waals surface area contributed by atoms with E-state index >= 15 is 0 Å². The molecule has 0 radical (unpaired) electrons. The molecule has 0 saturated heterocycles. The molecule has 0 nitrogen and oxygen atoms in total. The molecule has 0 aromatic heterocycles. The van der Waals surface area contributed by atoms with Crippen LogP contribution in [0.2, 0.25) is 0 Å². The molecule has 0 spiro atoms. The SMILES string of the molecule is CCC1CCC(CCCC(C)C)CC1. The van der Waals surface area contributed by atoms with Crippen molar-refractivity contribution in [1.29, 1.82) is 0 Å². The first kappa shape index (κ1) is 12.1. The van der Waals surface area contributed by atoms with E-state index in [2.05, 4.69) is 20.8 Å². The van der Waals surface area contributed by atoms with E-state index in [0.717, 1.165) is 17.8 Å². The fourth-order valence-corrected chi connectivity index (χ4v) is 2.74. The topological polar surface area (TPSA) is 0 Å². The van der Waals surface area contributed by atoms with E-state index in [-0.39, 0.29) is 0 Å². The highest BCUT2D eigenvalue weighted by atomic mass is 14.2. The second-order valence-corrected chi connectivity index (χ2v) is 5.62. The molecule has 0 amide bonds. The molecule has 1 rings (SSSR count). The predicted molar refractivity (Wildman–Crippen MR) is 64.4 cm³/mol. The lowest BCUT2D eigenvalue weighted by molar-refractivity contribution is 0.251. The zero-order valence-corrected chi connectivity index (χ0v) is 10.4. The van der Waals surface area contributed by atoms with Gasteiger partial charge in [0, 0.05) is 0 Å². The van der Waals surface area contributed by atoms with Crippen LogP contribution in [-0.4, -0.2) is 0 Å². The van der Waals surface area contributed by atoms with Gasteiger partial charge in [-0.3, -0.25) is 0 Å². The molecule has 1 saturated carbocycles. The minimum absolute atomic E-state index is 0.905. The van der Waals surface area contributed by atoms with Crippen LogP contribution in [0.3, 0.4) is 0 Å². The van der Waals surface area contributed by atoms with Gasteiger partial charge in [-0.2, -0.15) is 0 Å². The third kappa shape index (κ3) is 4.48. The maximum atomic E-state index is 2.35. The number of rotatable bonds is 5. The summed E-state index contributed by atoms with van der Waals surface area (Å²) in [7, 11) is 0. The molecule has 14 heavy (non-hydrogen) atoms. The normalized spacial score (nSPS) is 28.3. The molecule has 1 aliphatic rings. The van der Waals surface area contributed by atoms with Crippen molar-refractivity contribution in [2.24, 2.45) is 17.8 Å². The van der Waals surface area contributed by atoms with E-state index in [0.29, 0.717) is 0 Å². The molecule has 1 aliphatic carbocycles. The van der Waals surface area contributed by atoms with E-state index in [4.69, 9.17) is 0 Å². The van der Waals surface area contributed by atoms with E-state index in [1.807, 2.05) is 0 Å². The summed E-state index contributed by atoms with van der Waals surface area (Å²) in [6, 6.07) is 0. The quantitative estimate of drug-likeness (QED) is 0.578. The molecule has 0 bridgehead atoms. The Labute approximate surface area is 90.5 Å². The van der Waals surface area contributed by atoms with Gasteiger partial charge in [0.15, 0.2) is 0 Å². The summed E-state index contributed by atoms with van der Waals surface area (Å²) in [6.45, 7) is 7.03. The summed E-state index contributed by atoms with van der Waals surface area (Å²) in [4.78, 5) is 0. The zero-order chi connectivity index (χ0) is 10.4. The summed E-state index contributed by atoms with van der Waals surface area (Å²) >= 11 is 0. The third-order valence-electron chi connectivity index (χ3n) is 3.94. The van der Waals surface area contributed by atoms with Crippen molar-refractivity contribution < 1.29 is 0 Å². The monoisotopic (exact) mass is 196 g/mol. The first-order chi connectivity index (χ1) is 6.72. The smallest absolute Gasteiger partial charge is 0.0414 e. The fourth-order valence-electron chi connectivity index (χ4n) is 2.74. The van der Waals surface area contributed by atoms with Crippen molar-refractivity contribution in [1.82, 2.24) is 0 Å². The summed E-state index contributed by atoms with van der Waals surface area (Å²) in [5.74, 6) is 3.05. The summed E-state index contributed by atoms with van der Waals surface area (Å²) < 4.78 is 0. The lowest BCUT2D eigenvalue weighted by atomic mass is 9.78. The van der Waals surface area contributed by atoms with E-state index in [1.54, 1.807) is 0 Å². The van der Waals surface area contributed by atoms with Gasteiger partial charge < -0.3 is 0 Å². The Bertz CT molecular complexity index is 129. The predicted octanol–water partition coefficient (Wildman–Crippen LogP) is 5.03. The number of hydrogen-bond acceptors (Lipinski definition) is 0. The Morgan fingerprint density at radius 3 is 2.07 bits per heavy atom. The lowest BCUT2D eigenvalue weighted by Gasteiger charge is -2.27. The molecule has 0 heteroatoms. The van der Waals surface area contributed by atoms with Crippen molar-refractivity contribution in [3.63, 3.8) is 0 Å². The first-order valence-corrected chi connectivity index (χ1v) is 6.72. The second kappa shape index (κ2) is 6.48. The van der Waals surface area contributed by atoms with Crippen molar-refractivity contribution in [3.8, 4) is 0 Å². The van der Waals surface area contributed by atoms with Gasteiger partial charge in [-0.05, 0) is 17.8 Å². The molecule has 84 valence electrons. The Hall–Kier alpha value is 0. The molecule has 1 fully saturated rings. The average Bonchev–Trinajstić information content (AvgIpc) is 2.18. The maximum absolute atomic E-state index is 2.35. The van der Waals surface area contributed by atoms with Crippen LogP contribution in [0.25, 0.3) is 0 Å². The highest BCUT2D eigenvalue weighted by molar-refractivity contribution is 4.71. The molecule has 0 aromatic rings. The zero-order valence-electron chi connectivity index (χ0n) is 10.4. The largest absolute Gasteiger partial charge is 0.0651 e. The van der Waals surface area contributed by atoms with Crippen LogP contribution in [0.15, 0.2) is 0 Å². The van der Waals surface area contributed by atoms with E-state index in [1.165, 1.54) is 51.4 Å². The van der Waals surface area contributed by atoms with Crippen LogP contribution in [0.5, 0.6) is 0 Å². The Balaban J connectivity index is 2.04. The molecule has 0 heterocycles. The van der Waals surface area contributed by atoms with E-state index in [9.17, 15) is 0 Å². The Kier molecular flexibility index (Phi) is 5.59. The van der Waals surface area contributed by atoms with Crippen molar-refractivity contribution in [3.05, 3.63) is 0 Å². The maximum Gasteiger partial charge on any atom is -0.0414 e. The molecular formula is C14H28. The highest BCUT2D eigenvalue weighted by Crippen LogP contribution is 2.33. The third-order valence-corrected chi connectivity index (χ3v) is 3.94. The van der Waals surface area contributed by atoms with Crippen LogP contribution in [-0.2, 0) is 0 Å². The lowest BCUT2D eigenvalue weighted by Crippen LogP contribution is -2.13. The van der Waals surface area contributed by atoms with Gasteiger partial charge in [-0.1, -0.05) is 72.1 Å². The number of hydrogen-bond donors (Lipinski definition) is 0. The minimum Gasteiger partial charge on any atom is -0.0651 e. The summed E-state index contributed by atoms with van der Waals surface area (Å²) in [5.41, 5.74) is 0. The summed E-state index contributed by atoms with van der Waals surface area (Å²) in [6.07, 6.45) is 11.9. The molecule has 0 atom stereocenters. The van der Waals surface area contributed by atoms with Gasteiger partial charge in [0.05, 0.1) is 0 Å².